The summed E-state index contributed by atoms with van der Waals surface area (Å²) in [5.41, 5.74) is 3.22. The Morgan fingerprint density at radius 1 is 1.40 bits per heavy atom. The van der Waals surface area contributed by atoms with Crippen LogP contribution in [0.3, 0.4) is 0 Å². The van der Waals surface area contributed by atoms with E-state index in [4.69, 9.17) is 10.1 Å². The van der Waals surface area contributed by atoms with Crippen molar-refractivity contribution in [2.75, 3.05) is 7.11 Å². The highest BCUT2D eigenvalue weighted by molar-refractivity contribution is 6.06. The van der Waals surface area contributed by atoms with Crippen molar-refractivity contribution in [2.24, 2.45) is 7.05 Å². The molecule has 0 saturated carbocycles. The van der Waals surface area contributed by atoms with Gasteiger partial charge in [0, 0.05) is 18.6 Å². The highest BCUT2D eigenvalue weighted by Crippen LogP contribution is 2.23. The molecule has 0 aliphatic heterocycles. The van der Waals surface area contributed by atoms with E-state index < -0.39 is 0 Å². The van der Waals surface area contributed by atoms with Crippen LogP contribution in [0.25, 0.3) is 10.9 Å². The number of hydrogen-bond donors (Lipinski definition) is 1. The number of methoxy groups -OCH3 is 1. The Kier molecular flexibility index (Phi) is 2.23. The van der Waals surface area contributed by atoms with E-state index in [0.29, 0.717) is 0 Å². The molecule has 1 heterocycles. The van der Waals surface area contributed by atoms with E-state index in [1.807, 2.05) is 29.9 Å². The molecule has 3 heteroatoms. The Morgan fingerprint density at radius 3 is 2.80 bits per heavy atom. The van der Waals surface area contributed by atoms with E-state index in [0.717, 1.165) is 16.5 Å². The zero-order chi connectivity index (χ0) is 11.0. The first-order valence-corrected chi connectivity index (χ1v) is 4.82. The molecule has 0 aliphatic rings. The van der Waals surface area contributed by atoms with Crippen molar-refractivity contribution in [1.29, 1.82) is 5.41 Å². The maximum Gasteiger partial charge on any atom is 0.215 e. The molecular formula is C12H14N2O. The molecule has 3 nitrogen and oxygen atoms in total. The lowest BCUT2D eigenvalue weighted by molar-refractivity contribution is 0.401. The monoisotopic (exact) mass is 202 g/mol. The molecule has 15 heavy (non-hydrogen) atoms. The normalized spacial score (nSPS) is 10.6. The summed E-state index contributed by atoms with van der Waals surface area (Å²) < 4.78 is 7.00. The highest BCUT2D eigenvalue weighted by Gasteiger charge is 2.11. The standard InChI is InChI=1S/C12H14N2O/c1-8-5-4-6-9-10(12(13)15-3)7-14(2)11(8)9/h4-7,13H,1-3H3. The minimum atomic E-state index is 0.214. The average molecular weight is 202 g/mol. The van der Waals surface area contributed by atoms with E-state index in [1.165, 1.54) is 12.7 Å². The lowest BCUT2D eigenvalue weighted by Crippen LogP contribution is -1.99. The number of nitrogens with zero attached hydrogens (tertiary/aromatic N) is 1. The second kappa shape index (κ2) is 3.42. The zero-order valence-corrected chi connectivity index (χ0v) is 9.16. The summed E-state index contributed by atoms with van der Waals surface area (Å²) in [6.45, 7) is 2.07. The van der Waals surface area contributed by atoms with E-state index >= 15 is 0 Å². The molecule has 2 rings (SSSR count). The Labute approximate surface area is 88.8 Å². The molecule has 78 valence electrons. The minimum Gasteiger partial charge on any atom is -0.481 e. The summed E-state index contributed by atoms with van der Waals surface area (Å²) in [5.74, 6) is 0.214. The Hall–Kier alpha value is -1.77. The van der Waals surface area contributed by atoms with Gasteiger partial charge < -0.3 is 9.30 Å². The fourth-order valence-corrected chi connectivity index (χ4v) is 1.96. The van der Waals surface area contributed by atoms with Crippen molar-refractivity contribution in [3.8, 4) is 0 Å². The molecule has 0 bridgehead atoms. The maximum absolute atomic E-state index is 7.71. The molecule has 0 atom stereocenters. The predicted molar refractivity (Wildman–Crippen MR) is 61.5 cm³/mol. The summed E-state index contributed by atoms with van der Waals surface area (Å²) >= 11 is 0. The average Bonchev–Trinajstić information content (AvgIpc) is 2.56. The van der Waals surface area contributed by atoms with Gasteiger partial charge in [-0.15, -0.1) is 0 Å². The summed E-state index contributed by atoms with van der Waals surface area (Å²) in [6.07, 6.45) is 1.93. The molecule has 0 saturated heterocycles. The van der Waals surface area contributed by atoms with Crippen LogP contribution in [0.1, 0.15) is 11.1 Å². The number of aromatic nitrogens is 1. The third-order valence-electron chi connectivity index (χ3n) is 2.65. The minimum absolute atomic E-state index is 0.214. The second-order valence-electron chi connectivity index (χ2n) is 3.66. The van der Waals surface area contributed by atoms with Gasteiger partial charge >= 0.3 is 0 Å². The number of rotatable bonds is 1. The quantitative estimate of drug-likeness (QED) is 0.560. The van der Waals surface area contributed by atoms with Crippen molar-refractivity contribution >= 4 is 16.8 Å². The lowest BCUT2D eigenvalue weighted by atomic mass is 10.1. The highest BCUT2D eigenvalue weighted by atomic mass is 16.5. The van der Waals surface area contributed by atoms with Gasteiger partial charge in [-0.25, -0.2) is 0 Å². The molecule has 0 spiro atoms. The Bertz CT molecular complexity index is 526. The van der Waals surface area contributed by atoms with Crippen LogP contribution in [-0.4, -0.2) is 17.6 Å². The first kappa shape index (κ1) is 9.77. The number of ether oxygens (including phenoxy) is 1. The van der Waals surface area contributed by atoms with E-state index in [2.05, 4.69) is 13.0 Å². The zero-order valence-electron chi connectivity index (χ0n) is 9.16. The van der Waals surface area contributed by atoms with Gasteiger partial charge in [0.05, 0.1) is 18.2 Å². The van der Waals surface area contributed by atoms with Crippen molar-refractivity contribution in [2.45, 2.75) is 6.92 Å². The fraction of sp³-hybridized carbons (Fsp3) is 0.250. The smallest absolute Gasteiger partial charge is 0.215 e. The van der Waals surface area contributed by atoms with Gasteiger partial charge in [0.15, 0.2) is 0 Å². The summed E-state index contributed by atoms with van der Waals surface area (Å²) in [4.78, 5) is 0. The molecule has 0 radical (unpaired) electrons. The second-order valence-corrected chi connectivity index (χ2v) is 3.66. The predicted octanol–water partition coefficient (Wildman–Crippen LogP) is 2.46. The van der Waals surface area contributed by atoms with Crippen molar-refractivity contribution in [1.82, 2.24) is 4.57 Å². The van der Waals surface area contributed by atoms with Crippen molar-refractivity contribution < 1.29 is 4.74 Å². The van der Waals surface area contributed by atoms with E-state index in [-0.39, 0.29) is 5.90 Å². The Balaban J connectivity index is 2.79. The van der Waals surface area contributed by atoms with Gasteiger partial charge in [-0.05, 0) is 12.5 Å². The van der Waals surface area contributed by atoms with Gasteiger partial charge in [0.1, 0.15) is 0 Å². The molecule has 1 aromatic heterocycles. The summed E-state index contributed by atoms with van der Waals surface area (Å²) in [7, 11) is 3.51. The first-order chi connectivity index (χ1) is 7.15. The van der Waals surface area contributed by atoms with Crippen molar-refractivity contribution in [3.05, 3.63) is 35.5 Å². The van der Waals surface area contributed by atoms with Gasteiger partial charge in [0.25, 0.3) is 0 Å². The van der Waals surface area contributed by atoms with Crippen molar-refractivity contribution in [3.63, 3.8) is 0 Å². The topological polar surface area (TPSA) is 38.0 Å². The van der Waals surface area contributed by atoms with Crippen LogP contribution < -0.4 is 0 Å². The first-order valence-electron chi connectivity index (χ1n) is 4.82. The molecular weight excluding hydrogens is 188 g/mol. The maximum atomic E-state index is 7.71. The SMILES string of the molecule is COC(=N)c1cn(C)c2c(C)cccc12. The molecule has 0 amide bonds. The van der Waals surface area contributed by atoms with Gasteiger partial charge in [-0.2, -0.15) is 0 Å². The Morgan fingerprint density at radius 2 is 2.13 bits per heavy atom. The van der Waals surface area contributed by atoms with Crippen LogP contribution >= 0.6 is 0 Å². The number of aryl methyl sites for hydroxylation is 2. The molecule has 1 N–H and O–H groups in total. The molecule has 0 aliphatic carbocycles. The number of fused-ring (bicyclic) bond motifs is 1. The molecule has 1 aromatic carbocycles. The summed E-state index contributed by atoms with van der Waals surface area (Å²) in [5, 5.41) is 8.78. The van der Waals surface area contributed by atoms with Gasteiger partial charge in [-0.3, -0.25) is 5.41 Å². The van der Waals surface area contributed by atoms with Crippen LogP contribution in [0.4, 0.5) is 0 Å². The van der Waals surface area contributed by atoms with Crippen LogP contribution in [0.5, 0.6) is 0 Å². The number of nitrogens with one attached hydrogen (secondary N) is 1. The number of hydrogen-bond acceptors (Lipinski definition) is 2. The van der Waals surface area contributed by atoms with Crippen LogP contribution in [-0.2, 0) is 11.8 Å². The third-order valence-corrected chi connectivity index (χ3v) is 2.65. The van der Waals surface area contributed by atoms with Crippen LogP contribution in [0.2, 0.25) is 0 Å². The molecule has 0 fully saturated rings. The lowest BCUT2D eigenvalue weighted by Gasteiger charge is -2.01. The van der Waals surface area contributed by atoms with Gasteiger partial charge in [-0.1, -0.05) is 18.2 Å². The fourth-order valence-electron chi connectivity index (χ4n) is 1.96. The van der Waals surface area contributed by atoms with E-state index in [1.54, 1.807) is 0 Å². The summed E-state index contributed by atoms with van der Waals surface area (Å²) in [6, 6.07) is 6.10. The van der Waals surface area contributed by atoms with Gasteiger partial charge in [0.2, 0.25) is 5.90 Å². The van der Waals surface area contributed by atoms with Crippen LogP contribution in [0, 0.1) is 12.3 Å². The van der Waals surface area contributed by atoms with Crippen LogP contribution in [0.15, 0.2) is 24.4 Å². The molecule has 2 aromatic rings. The van der Waals surface area contributed by atoms with E-state index in [9.17, 15) is 0 Å². The largest absolute Gasteiger partial charge is 0.481 e. The number of benzene rings is 1. The third kappa shape index (κ3) is 1.40. The number of para-hydroxylation sites is 1. The molecule has 0 unspecified atom stereocenters.